The Labute approximate surface area is 79.7 Å². The largest absolute Gasteiger partial charge is 0.450 e. The molecule has 0 aromatic carbocycles. The molecule has 0 aliphatic heterocycles. The highest BCUT2D eigenvalue weighted by Gasteiger charge is 2.08. The number of ether oxygens (including phenoxy) is 1. The normalized spacial score (nSPS) is 9.00. The maximum Gasteiger partial charge on any atom is 0.413 e. The van der Waals surface area contributed by atoms with E-state index < -0.39 is 12.0 Å². The third-order valence-electron chi connectivity index (χ3n) is 0.876. The number of carbonyl (C=O) groups is 2. The lowest BCUT2D eigenvalue weighted by atomic mass is 10.7. The van der Waals surface area contributed by atoms with Gasteiger partial charge in [-0.3, -0.25) is 15.5 Å². The molecular formula is C6H11N3O3S. The van der Waals surface area contributed by atoms with Gasteiger partial charge in [-0.2, -0.15) is 0 Å². The van der Waals surface area contributed by atoms with Crippen LogP contribution in [0, 0.1) is 5.41 Å². The number of rotatable bonds is 3. The van der Waals surface area contributed by atoms with E-state index in [0.717, 1.165) is 11.8 Å². The second-order valence-corrected chi connectivity index (χ2v) is 2.94. The topological polar surface area (TPSA) is 105 Å². The lowest BCUT2D eigenvalue weighted by molar-refractivity contribution is -0.117. The zero-order valence-electron chi connectivity index (χ0n) is 7.12. The van der Waals surface area contributed by atoms with E-state index in [1.54, 1.807) is 6.92 Å². The molecule has 0 rings (SSSR count). The molecule has 4 N–H and O–H groups in total. The number of amides is 2. The van der Waals surface area contributed by atoms with Crippen molar-refractivity contribution in [3.05, 3.63) is 0 Å². The van der Waals surface area contributed by atoms with E-state index >= 15 is 0 Å². The van der Waals surface area contributed by atoms with Crippen LogP contribution in [0.4, 0.5) is 4.79 Å². The first-order valence-electron chi connectivity index (χ1n) is 3.49. The molecule has 0 aliphatic rings. The quantitative estimate of drug-likeness (QED) is 0.440. The fraction of sp³-hybridized carbons (Fsp3) is 0.500. The van der Waals surface area contributed by atoms with Crippen molar-refractivity contribution in [2.45, 2.75) is 6.92 Å². The molecule has 0 spiro atoms. The minimum atomic E-state index is -0.781. The molecule has 0 aliphatic carbocycles. The first kappa shape index (κ1) is 11.8. The average molecular weight is 205 g/mol. The van der Waals surface area contributed by atoms with Crippen molar-refractivity contribution in [3.63, 3.8) is 0 Å². The predicted molar refractivity (Wildman–Crippen MR) is 49.5 cm³/mol. The summed E-state index contributed by atoms with van der Waals surface area (Å²) in [6.45, 7) is 1.84. The van der Waals surface area contributed by atoms with Crippen LogP contribution in [0.1, 0.15) is 6.92 Å². The molecule has 0 fully saturated rings. The molecule has 0 unspecified atom stereocenters. The average Bonchev–Trinajstić information content (AvgIpc) is 2.01. The summed E-state index contributed by atoms with van der Waals surface area (Å²) >= 11 is 0.841. The summed E-state index contributed by atoms with van der Waals surface area (Å²) in [5, 5.41) is 8.59. The SMILES string of the molecule is CCOC(=O)NC(=O)CSC(=N)N. The van der Waals surface area contributed by atoms with Gasteiger partial charge < -0.3 is 10.5 Å². The molecule has 0 aromatic heterocycles. The van der Waals surface area contributed by atoms with Gasteiger partial charge in [0.2, 0.25) is 5.91 Å². The van der Waals surface area contributed by atoms with Crippen molar-refractivity contribution < 1.29 is 14.3 Å². The van der Waals surface area contributed by atoms with Crippen molar-refractivity contribution in [1.29, 1.82) is 5.41 Å². The summed E-state index contributed by atoms with van der Waals surface area (Å²) in [5.74, 6) is -0.590. The Morgan fingerprint density at radius 3 is 2.69 bits per heavy atom. The zero-order chi connectivity index (χ0) is 10.3. The van der Waals surface area contributed by atoms with Crippen molar-refractivity contribution in [1.82, 2.24) is 5.32 Å². The lowest BCUT2D eigenvalue weighted by Crippen LogP contribution is -2.32. The van der Waals surface area contributed by atoms with Gasteiger partial charge in [-0.05, 0) is 6.92 Å². The monoisotopic (exact) mass is 205 g/mol. The maximum absolute atomic E-state index is 10.8. The Balaban J connectivity index is 3.62. The van der Waals surface area contributed by atoms with Crippen LogP contribution in [-0.2, 0) is 9.53 Å². The molecular weight excluding hydrogens is 194 g/mol. The summed E-state index contributed by atoms with van der Waals surface area (Å²) in [6, 6.07) is 0. The molecule has 0 saturated heterocycles. The van der Waals surface area contributed by atoms with Crippen LogP contribution in [-0.4, -0.2) is 29.5 Å². The number of nitrogens with one attached hydrogen (secondary N) is 2. The van der Waals surface area contributed by atoms with Crippen LogP contribution in [0.2, 0.25) is 0 Å². The van der Waals surface area contributed by atoms with Gasteiger partial charge in [0.05, 0.1) is 12.4 Å². The van der Waals surface area contributed by atoms with Gasteiger partial charge in [0.1, 0.15) is 0 Å². The zero-order valence-corrected chi connectivity index (χ0v) is 7.94. The summed E-state index contributed by atoms with van der Waals surface area (Å²) in [5.41, 5.74) is 4.98. The molecule has 0 aromatic rings. The van der Waals surface area contributed by atoms with Gasteiger partial charge in [0.25, 0.3) is 0 Å². The van der Waals surface area contributed by atoms with Crippen LogP contribution < -0.4 is 11.1 Å². The summed E-state index contributed by atoms with van der Waals surface area (Å²) in [7, 11) is 0. The minimum absolute atomic E-state index is 0.0614. The van der Waals surface area contributed by atoms with E-state index in [0.29, 0.717) is 0 Å². The molecule has 2 amide bonds. The van der Waals surface area contributed by atoms with Crippen molar-refractivity contribution in [2.24, 2.45) is 5.73 Å². The summed E-state index contributed by atoms with van der Waals surface area (Å²) in [6.07, 6.45) is -0.781. The molecule has 0 atom stereocenters. The van der Waals surface area contributed by atoms with Crippen LogP contribution in [0.15, 0.2) is 0 Å². The second kappa shape index (κ2) is 6.30. The van der Waals surface area contributed by atoms with Crippen LogP contribution in [0.5, 0.6) is 0 Å². The Hall–Kier alpha value is -1.24. The lowest BCUT2D eigenvalue weighted by Gasteiger charge is -2.02. The maximum atomic E-state index is 10.8. The van der Waals surface area contributed by atoms with Gasteiger partial charge in [0, 0.05) is 0 Å². The minimum Gasteiger partial charge on any atom is -0.450 e. The Morgan fingerprint density at radius 1 is 1.62 bits per heavy atom. The molecule has 0 heterocycles. The van der Waals surface area contributed by atoms with E-state index in [9.17, 15) is 9.59 Å². The van der Waals surface area contributed by atoms with Crippen molar-refractivity contribution >= 4 is 28.9 Å². The van der Waals surface area contributed by atoms with E-state index in [-0.39, 0.29) is 17.5 Å². The molecule has 6 nitrogen and oxygen atoms in total. The van der Waals surface area contributed by atoms with Crippen molar-refractivity contribution in [2.75, 3.05) is 12.4 Å². The number of imide groups is 1. The Bertz CT molecular complexity index is 219. The molecule has 0 saturated carbocycles. The molecule has 0 radical (unpaired) electrons. The van der Waals surface area contributed by atoms with Crippen LogP contribution >= 0.6 is 11.8 Å². The first-order chi connectivity index (χ1) is 6.06. The fourth-order valence-corrected chi connectivity index (χ4v) is 0.819. The van der Waals surface area contributed by atoms with Crippen molar-refractivity contribution in [3.8, 4) is 0 Å². The van der Waals surface area contributed by atoms with Crippen LogP contribution in [0.25, 0.3) is 0 Å². The third-order valence-corrected chi connectivity index (χ3v) is 1.59. The Morgan fingerprint density at radius 2 is 2.23 bits per heavy atom. The molecule has 7 heteroatoms. The molecule has 74 valence electrons. The number of hydrogen-bond donors (Lipinski definition) is 3. The number of carbonyl (C=O) groups excluding carboxylic acids is 2. The highest BCUT2D eigenvalue weighted by molar-refractivity contribution is 8.14. The van der Waals surface area contributed by atoms with E-state index in [1.165, 1.54) is 0 Å². The number of amidine groups is 1. The smallest absolute Gasteiger partial charge is 0.413 e. The summed E-state index contributed by atoms with van der Waals surface area (Å²) < 4.78 is 4.45. The van der Waals surface area contributed by atoms with E-state index in [1.807, 2.05) is 5.32 Å². The first-order valence-corrected chi connectivity index (χ1v) is 4.48. The Kier molecular flexibility index (Phi) is 5.69. The second-order valence-electron chi connectivity index (χ2n) is 1.92. The van der Waals surface area contributed by atoms with E-state index in [2.05, 4.69) is 4.74 Å². The standard InChI is InChI=1S/C6H11N3O3S/c1-2-12-6(11)9-4(10)3-13-5(7)8/h2-3H2,1H3,(H3,7,8)(H,9,10,11). The highest BCUT2D eigenvalue weighted by Crippen LogP contribution is 1.96. The molecule has 0 bridgehead atoms. The van der Waals surface area contributed by atoms with Gasteiger partial charge in [0.15, 0.2) is 5.17 Å². The van der Waals surface area contributed by atoms with Gasteiger partial charge in [-0.15, -0.1) is 0 Å². The number of thioether (sulfide) groups is 1. The molecule has 13 heavy (non-hydrogen) atoms. The number of alkyl carbamates (subject to hydrolysis) is 1. The fourth-order valence-electron chi connectivity index (χ4n) is 0.460. The number of hydrogen-bond acceptors (Lipinski definition) is 5. The predicted octanol–water partition coefficient (Wildman–Crippen LogP) is -0.114. The van der Waals surface area contributed by atoms with Gasteiger partial charge in [-0.25, -0.2) is 4.79 Å². The highest BCUT2D eigenvalue weighted by atomic mass is 32.2. The van der Waals surface area contributed by atoms with Gasteiger partial charge >= 0.3 is 6.09 Å². The van der Waals surface area contributed by atoms with E-state index in [4.69, 9.17) is 11.1 Å². The third kappa shape index (κ3) is 7.13. The number of nitrogens with two attached hydrogens (primary N) is 1. The van der Waals surface area contributed by atoms with Gasteiger partial charge in [-0.1, -0.05) is 11.8 Å². The van der Waals surface area contributed by atoms with Crippen LogP contribution in [0.3, 0.4) is 0 Å². The summed E-state index contributed by atoms with van der Waals surface area (Å²) in [4.78, 5) is 21.5.